The van der Waals surface area contributed by atoms with E-state index in [1.165, 1.54) is 83.5 Å². The highest BCUT2D eigenvalue weighted by Crippen LogP contribution is 2.20. The van der Waals surface area contributed by atoms with Gasteiger partial charge in [0, 0.05) is 6.61 Å². The summed E-state index contributed by atoms with van der Waals surface area (Å²) in [5.41, 5.74) is 0. The molecule has 178 valence electrons. The molecule has 5 nitrogen and oxygen atoms in total. The van der Waals surface area contributed by atoms with Gasteiger partial charge in [-0.2, -0.15) is 0 Å². The first-order valence-electron chi connectivity index (χ1n) is 12.6. The fourth-order valence-corrected chi connectivity index (χ4v) is 3.97. The van der Waals surface area contributed by atoms with Crippen LogP contribution in [0.1, 0.15) is 103 Å². The maximum Gasteiger partial charge on any atom is 0.114 e. The molecule has 0 radical (unpaired) electrons. The van der Waals surface area contributed by atoms with Crippen LogP contribution in [0.3, 0.4) is 0 Å². The van der Waals surface area contributed by atoms with Crippen molar-refractivity contribution in [3.63, 3.8) is 0 Å². The van der Waals surface area contributed by atoms with Gasteiger partial charge in [-0.15, -0.1) is 0 Å². The molecule has 0 unspecified atom stereocenters. The Balaban J connectivity index is 1.82. The van der Waals surface area contributed by atoms with Crippen LogP contribution >= 0.6 is 0 Å². The van der Waals surface area contributed by atoms with Gasteiger partial charge in [-0.25, -0.2) is 0 Å². The summed E-state index contributed by atoms with van der Waals surface area (Å²) in [5, 5.41) is 28.8. The molecule has 1 aliphatic heterocycles. The fraction of sp³-hybridized carbons (Fsp3) is 0.920. The van der Waals surface area contributed by atoms with Crippen LogP contribution in [0.15, 0.2) is 12.2 Å². The molecule has 5 heteroatoms. The molecule has 1 saturated heterocycles. The van der Waals surface area contributed by atoms with Crippen molar-refractivity contribution < 1.29 is 24.8 Å². The second-order valence-electron chi connectivity index (χ2n) is 8.74. The third-order valence-corrected chi connectivity index (χ3v) is 5.97. The van der Waals surface area contributed by atoms with Crippen LogP contribution in [0.5, 0.6) is 0 Å². The van der Waals surface area contributed by atoms with Gasteiger partial charge < -0.3 is 24.8 Å². The molecule has 0 amide bonds. The Morgan fingerprint density at radius 3 is 1.87 bits per heavy atom. The van der Waals surface area contributed by atoms with Crippen molar-refractivity contribution in [3.05, 3.63) is 12.2 Å². The van der Waals surface area contributed by atoms with Crippen LogP contribution < -0.4 is 0 Å². The van der Waals surface area contributed by atoms with Crippen molar-refractivity contribution in [2.45, 2.75) is 128 Å². The maximum atomic E-state index is 9.84. The molecule has 1 aliphatic rings. The van der Waals surface area contributed by atoms with Gasteiger partial charge in [-0.3, -0.25) is 0 Å². The Morgan fingerprint density at radius 2 is 1.37 bits per heavy atom. The lowest BCUT2D eigenvalue weighted by Gasteiger charge is -2.24. The summed E-state index contributed by atoms with van der Waals surface area (Å²) in [6, 6.07) is 0. The molecule has 0 saturated carbocycles. The van der Waals surface area contributed by atoms with E-state index in [1.54, 1.807) is 0 Å². The summed E-state index contributed by atoms with van der Waals surface area (Å²) in [6.07, 6.45) is 20.8. The molecule has 0 bridgehead atoms. The number of hydrogen-bond acceptors (Lipinski definition) is 5. The van der Waals surface area contributed by atoms with E-state index < -0.39 is 24.4 Å². The van der Waals surface area contributed by atoms with Gasteiger partial charge in [-0.05, 0) is 32.1 Å². The molecule has 0 aromatic rings. The van der Waals surface area contributed by atoms with E-state index in [-0.39, 0.29) is 13.2 Å². The maximum absolute atomic E-state index is 9.84. The third kappa shape index (κ3) is 13.1. The van der Waals surface area contributed by atoms with E-state index in [0.29, 0.717) is 6.61 Å². The molecule has 30 heavy (non-hydrogen) atoms. The largest absolute Gasteiger partial charge is 0.394 e. The van der Waals surface area contributed by atoms with E-state index in [0.717, 1.165) is 12.8 Å². The number of aliphatic hydroxyl groups excluding tert-OH is 3. The van der Waals surface area contributed by atoms with Crippen molar-refractivity contribution in [2.24, 2.45) is 0 Å². The lowest BCUT2D eigenvalue weighted by Crippen LogP contribution is -2.42. The highest BCUT2D eigenvalue weighted by Gasteiger charge is 2.40. The molecule has 0 aromatic carbocycles. The van der Waals surface area contributed by atoms with Crippen LogP contribution in [0.25, 0.3) is 0 Å². The Hall–Kier alpha value is -0.460. The van der Waals surface area contributed by atoms with Gasteiger partial charge in [0.15, 0.2) is 0 Å². The molecule has 0 aliphatic carbocycles. The Labute approximate surface area is 184 Å². The van der Waals surface area contributed by atoms with Crippen LogP contribution in [0, 0.1) is 0 Å². The Kier molecular flexibility index (Phi) is 17.7. The minimum Gasteiger partial charge on any atom is -0.394 e. The van der Waals surface area contributed by atoms with Crippen molar-refractivity contribution in [3.8, 4) is 0 Å². The Morgan fingerprint density at radius 1 is 0.833 bits per heavy atom. The first-order chi connectivity index (χ1) is 14.7. The summed E-state index contributed by atoms with van der Waals surface area (Å²) in [7, 11) is 0. The summed E-state index contributed by atoms with van der Waals surface area (Å²) in [6.45, 7) is 2.70. The van der Waals surface area contributed by atoms with Crippen LogP contribution in [-0.2, 0) is 9.47 Å². The van der Waals surface area contributed by atoms with Gasteiger partial charge in [0.25, 0.3) is 0 Å². The molecular formula is C25H48O5. The molecule has 1 heterocycles. The zero-order valence-corrected chi connectivity index (χ0v) is 19.4. The zero-order valence-electron chi connectivity index (χ0n) is 19.4. The lowest BCUT2D eigenvalue weighted by atomic mass is 10.1. The molecule has 1 rings (SSSR count). The number of hydrogen-bond donors (Lipinski definition) is 3. The second kappa shape index (κ2) is 19.2. The van der Waals surface area contributed by atoms with Crippen molar-refractivity contribution in [1.82, 2.24) is 0 Å². The van der Waals surface area contributed by atoms with Crippen LogP contribution in [0.2, 0.25) is 0 Å². The minimum absolute atomic E-state index is 0.0991. The summed E-state index contributed by atoms with van der Waals surface area (Å²) >= 11 is 0. The zero-order chi connectivity index (χ0) is 21.9. The predicted molar refractivity (Wildman–Crippen MR) is 123 cm³/mol. The minimum atomic E-state index is -0.978. The first-order valence-corrected chi connectivity index (χ1v) is 12.6. The first kappa shape index (κ1) is 27.6. The predicted octanol–water partition coefficient (Wildman–Crippen LogP) is 4.91. The number of rotatable bonds is 20. The monoisotopic (exact) mass is 428 g/mol. The quantitative estimate of drug-likeness (QED) is 0.190. The number of aliphatic hydroxyl groups is 3. The summed E-state index contributed by atoms with van der Waals surface area (Å²) < 4.78 is 11.0. The molecule has 0 spiro atoms. The van der Waals surface area contributed by atoms with Gasteiger partial charge in [0.1, 0.15) is 24.4 Å². The SMILES string of the molecule is CCCCC/C=C/CCCCCCCCCCCCO[C@H](CO)[C@@H]1OC[C@H](O)[C@@H]1O. The molecule has 3 N–H and O–H groups in total. The number of allylic oxidation sites excluding steroid dienone is 2. The fourth-order valence-electron chi connectivity index (χ4n) is 3.97. The van der Waals surface area contributed by atoms with E-state index in [9.17, 15) is 15.3 Å². The van der Waals surface area contributed by atoms with Crippen LogP contribution in [0.4, 0.5) is 0 Å². The van der Waals surface area contributed by atoms with E-state index in [4.69, 9.17) is 9.47 Å². The average Bonchev–Trinajstić information content (AvgIpc) is 3.08. The molecular weight excluding hydrogens is 380 g/mol. The Bertz CT molecular complexity index is 401. The van der Waals surface area contributed by atoms with Gasteiger partial charge in [-0.1, -0.05) is 83.3 Å². The normalized spacial score (nSPS) is 22.9. The third-order valence-electron chi connectivity index (χ3n) is 5.97. The highest BCUT2D eigenvalue weighted by molar-refractivity contribution is 4.88. The number of ether oxygens (including phenoxy) is 2. The summed E-state index contributed by atoms with van der Waals surface area (Å²) in [5.74, 6) is 0. The average molecular weight is 429 g/mol. The van der Waals surface area contributed by atoms with E-state index >= 15 is 0 Å². The van der Waals surface area contributed by atoms with Crippen LogP contribution in [-0.4, -0.2) is 59.6 Å². The number of unbranched alkanes of at least 4 members (excludes halogenated alkanes) is 13. The smallest absolute Gasteiger partial charge is 0.114 e. The van der Waals surface area contributed by atoms with Gasteiger partial charge >= 0.3 is 0 Å². The van der Waals surface area contributed by atoms with Crippen molar-refractivity contribution in [2.75, 3.05) is 19.8 Å². The summed E-state index contributed by atoms with van der Waals surface area (Å²) in [4.78, 5) is 0. The molecule has 0 aromatic heterocycles. The topological polar surface area (TPSA) is 79.2 Å². The lowest BCUT2D eigenvalue weighted by molar-refractivity contribution is -0.101. The molecule has 1 fully saturated rings. The van der Waals surface area contributed by atoms with Crippen molar-refractivity contribution in [1.29, 1.82) is 0 Å². The van der Waals surface area contributed by atoms with E-state index in [1.807, 2.05) is 0 Å². The highest BCUT2D eigenvalue weighted by atomic mass is 16.6. The van der Waals surface area contributed by atoms with Gasteiger partial charge in [0.2, 0.25) is 0 Å². The van der Waals surface area contributed by atoms with E-state index in [2.05, 4.69) is 19.1 Å². The van der Waals surface area contributed by atoms with Gasteiger partial charge in [0.05, 0.1) is 13.2 Å². The molecule has 4 atom stereocenters. The second-order valence-corrected chi connectivity index (χ2v) is 8.74. The standard InChI is InChI=1S/C25H48O5/c1-2-3-4-5-6-7-8-9-10-11-12-13-14-15-16-17-18-19-29-23(20-26)25-24(28)22(27)21-30-25/h6-7,22-28H,2-5,8-21H2,1H3/b7-6+/t22-,23+,24-,25-/m0/s1. The van der Waals surface area contributed by atoms with Crippen molar-refractivity contribution >= 4 is 0 Å².